The minimum absolute atomic E-state index is 0.467. The third-order valence-electron chi connectivity index (χ3n) is 2.90. The average molecular weight is 191 g/mol. The van der Waals surface area contributed by atoms with Gasteiger partial charge in [0.05, 0.1) is 0 Å². The van der Waals surface area contributed by atoms with Crippen LogP contribution < -0.4 is 5.32 Å². The van der Waals surface area contributed by atoms with Crippen LogP contribution in [0.1, 0.15) is 36.9 Å². The number of rotatable bonds is 2. The van der Waals surface area contributed by atoms with Gasteiger partial charge in [-0.15, -0.1) is 0 Å². The fourth-order valence-electron chi connectivity index (χ4n) is 1.87. The second-order valence-corrected chi connectivity index (χ2v) is 3.93. The molecule has 4 heteroatoms. The standard InChI is InChI=1S/C10H13N3O/c1-2-4-7(3-1)10-12-9(13-14-10)8-5-11-6-8/h3,8,11H,1-2,4-6H2. The lowest BCUT2D eigenvalue weighted by Gasteiger charge is -2.23. The highest BCUT2D eigenvalue weighted by Gasteiger charge is 2.25. The van der Waals surface area contributed by atoms with Gasteiger partial charge in [-0.25, -0.2) is 0 Å². The van der Waals surface area contributed by atoms with Crippen molar-refractivity contribution in [3.05, 3.63) is 17.8 Å². The molecule has 1 aromatic heterocycles. The smallest absolute Gasteiger partial charge is 0.253 e. The summed E-state index contributed by atoms with van der Waals surface area (Å²) in [6, 6.07) is 0. The van der Waals surface area contributed by atoms with Crippen molar-refractivity contribution >= 4 is 5.57 Å². The van der Waals surface area contributed by atoms with E-state index in [1.807, 2.05) is 0 Å². The first kappa shape index (κ1) is 8.17. The Labute approximate surface area is 82.4 Å². The summed E-state index contributed by atoms with van der Waals surface area (Å²) in [5.41, 5.74) is 1.23. The second-order valence-electron chi connectivity index (χ2n) is 3.93. The van der Waals surface area contributed by atoms with Crippen molar-refractivity contribution in [1.82, 2.24) is 15.5 Å². The van der Waals surface area contributed by atoms with Crippen molar-refractivity contribution in [2.45, 2.75) is 25.2 Å². The van der Waals surface area contributed by atoms with E-state index in [2.05, 4.69) is 21.5 Å². The molecule has 0 amide bonds. The lowest BCUT2D eigenvalue weighted by molar-refractivity contribution is 0.371. The summed E-state index contributed by atoms with van der Waals surface area (Å²) < 4.78 is 5.25. The van der Waals surface area contributed by atoms with Crippen molar-refractivity contribution in [3.63, 3.8) is 0 Å². The highest BCUT2D eigenvalue weighted by Crippen LogP contribution is 2.27. The summed E-state index contributed by atoms with van der Waals surface area (Å²) >= 11 is 0. The van der Waals surface area contributed by atoms with E-state index in [1.54, 1.807) is 0 Å². The van der Waals surface area contributed by atoms with E-state index in [1.165, 1.54) is 12.0 Å². The van der Waals surface area contributed by atoms with Gasteiger partial charge in [0.15, 0.2) is 5.82 Å². The summed E-state index contributed by atoms with van der Waals surface area (Å²) in [5, 5.41) is 7.22. The Morgan fingerprint density at radius 1 is 1.43 bits per heavy atom. The highest BCUT2D eigenvalue weighted by atomic mass is 16.5. The molecule has 0 spiro atoms. The zero-order valence-electron chi connectivity index (χ0n) is 7.99. The Balaban J connectivity index is 1.82. The third kappa shape index (κ3) is 1.26. The van der Waals surface area contributed by atoms with E-state index in [0.29, 0.717) is 5.92 Å². The van der Waals surface area contributed by atoms with E-state index < -0.39 is 0 Å². The molecule has 0 unspecified atom stereocenters. The molecule has 2 heterocycles. The molecule has 1 aliphatic heterocycles. The molecule has 4 nitrogen and oxygen atoms in total. The summed E-state index contributed by atoms with van der Waals surface area (Å²) in [4.78, 5) is 4.43. The van der Waals surface area contributed by atoms with E-state index in [9.17, 15) is 0 Å². The van der Waals surface area contributed by atoms with Gasteiger partial charge in [-0.3, -0.25) is 0 Å². The first-order valence-corrected chi connectivity index (χ1v) is 5.17. The van der Waals surface area contributed by atoms with Crippen molar-refractivity contribution in [3.8, 4) is 0 Å². The number of hydrogen-bond acceptors (Lipinski definition) is 4. The zero-order valence-corrected chi connectivity index (χ0v) is 7.99. The summed E-state index contributed by atoms with van der Waals surface area (Å²) in [5.74, 6) is 2.07. The van der Waals surface area contributed by atoms with Gasteiger partial charge in [-0.1, -0.05) is 11.2 Å². The van der Waals surface area contributed by atoms with Crippen LogP contribution in [-0.4, -0.2) is 23.2 Å². The van der Waals surface area contributed by atoms with Crippen LogP contribution in [-0.2, 0) is 0 Å². The molecule has 1 aromatic rings. The molecule has 0 aromatic carbocycles. The SMILES string of the molecule is C1=C(c2nc(C3CNC3)no2)CCC1. The summed E-state index contributed by atoms with van der Waals surface area (Å²) in [6.07, 6.45) is 5.66. The number of allylic oxidation sites excluding steroid dienone is 2. The second kappa shape index (κ2) is 3.20. The number of hydrogen-bond donors (Lipinski definition) is 1. The molecule has 1 aliphatic carbocycles. The molecule has 0 radical (unpaired) electrons. The van der Waals surface area contributed by atoms with Gasteiger partial charge >= 0.3 is 0 Å². The largest absolute Gasteiger partial charge is 0.334 e. The van der Waals surface area contributed by atoms with Crippen molar-refractivity contribution in [2.75, 3.05) is 13.1 Å². The normalized spacial score (nSPS) is 22.1. The maximum Gasteiger partial charge on any atom is 0.253 e. The van der Waals surface area contributed by atoms with E-state index in [-0.39, 0.29) is 0 Å². The fraction of sp³-hybridized carbons (Fsp3) is 0.600. The minimum Gasteiger partial charge on any atom is -0.334 e. The Morgan fingerprint density at radius 2 is 2.36 bits per heavy atom. The molecule has 1 fully saturated rings. The molecule has 2 aliphatic rings. The Kier molecular flexibility index (Phi) is 1.87. The number of nitrogens with one attached hydrogen (secondary N) is 1. The molecule has 14 heavy (non-hydrogen) atoms. The zero-order chi connectivity index (χ0) is 9.38. The Hall–Kier alpha value is -1.16. The molecule has 0 atom stereocenters. The topological polar surface area (TPSA) is 51.0 Å². The molecule has 0 saturated carbocycles. The monoisotopic (exact) mass is 191 g/mol. The van der Waals surface area contributed by atoms with E-state index in [0.717, 1.165) is 37.6 Å². The number of aromatic nitrogens is 2. The molecule has 3 rings (SSSR count). The fourth-order valence-corrected chi connectivity index (χ4v) is 1.87. The lowest BCUT2D eigenvalue weighted by Crippen LogP contribution is -2.40. The molecule has 0 bridgehead atoms. The Bertz CT molecular complexity index is 365. The van der Waals surface area contributed by atoms with Crippen molar-refractivity contribution in [1.29, 1.82) is 0 Å². The van der Waals surface area contributed by atoms with Gasteiger partial charge in [-0.2, -0.15) is 4.98 Å². The van der Waals surface area contributed by atoms with Crippen LogP contribution in [0.4, 0.5) is 0 Å². The quantitative estimate of drug-likeness (QED) is 0.766. The van der Waals surface area contributed by atoms with E-state index in [4.69, 9.17) is 4.52 Å². The summed E-state index contributed by atoms with van der Waals surface area (Å²) in [7, 11) is 0. The van der Waals surface area contributed by atoms with Crippen LogP contribution in [0, 0.1) is 0 Å². The van der Waals surface area contributed by atoms with Gasteiger partial charge < -0.3 is 9.84 Å². The van der Waals surface area contributed by atoms with Crippen LogP contribution in [0.2, 0.25) is 0 Å². The van der Waals surface area contributed by atoms with Crippen LogP contribution in [0.3, 0.4) is 0 Å². The minimum atomic E-state index is 0.467. The van der Waals surface area contributed by atoms with Gasteiger partial charge in [0, 0.05) is 24.6 Å². The first-order chi connectivity index (χ1) is 6.93. The van der Waals surface area contributed by atoms with Crippen LogP contribution in [0.25, 0.3) is 5.57 Å². The average Bonchev–Trinajstić information content (AvgIpc) is 2.65. The molecular weight excluding hydrogens is 178 g/mol. The predicted octanol–water partition coefficient (Wildman–Crippen LogP) is 1.32. The van der Waals surface area contributed by atoms with Crippen LogP contribution in [0.5, 0.6) is 0 Å². The summed E-state index contributed by atoms with van der Waals surface area (Å²) in [6.45, 7) is 1.97. The molecular formula is C10H13N3O. The Morgan fingerprint density at radius 3 is 3.00 bits per heavy atom. The maximum atomic E-state index is 5.25. The maximum absolute atomic E-state index is 5.25. The van der Waals surface area contributed by atoms with Gasteiger partial charge in [-0.05, 0) is 19.3 Å². The molecule has 1 N–H and O–H groups in total. The van der Waals surface area contributed by atoms with Crippen molar-refractivity contribution in [2.24, 2.45) is 0 Å². The number of nitrogens with zero attached hydrogens (tertiary/aromatic N) is 2. The van der Waals surface area contributed by atoms with Crippen molar-refractivity contribution < 1.29 is 4.52 Å². The first-order valence-electron chi connectivity index (χ1n) is 5.17. The highest BCUT2D eigenvalue weighted by molar-refractivity contribution is 5.60. The predicted molar refractivity (Wildman–Crippen MR) is 51.7 cm³/mol. The van der Waals surface area contributed by atoms with Crippen LogP contribution >= 0.6 is 0 Å². The third-order valence-corrected chi connectivity index (χ3v) is 2.90. The van der Waals surface area contributed by atoms with Gasteiger partial charge in [0.1, 0.15) is 0 Å². The van der Waals surface area contributed by atoms with Gasteiger partial charge in [0.2, 0.25) is 0 Å². The lowest BCUT2D eigenvalue weighted by atomic mass is 10.0. The van der Waals surface area contributed by atoms with Crippen LogP contribution in [0.15, 0.2) is 10.6 Å². The molecule has 1 saturated heterocycles. The van der Waals surface area contributed by atoms with Gasteiger partial charge in [0.25, 0.3) is 5.89 Å². The van der Waals surface area contributed by atoms with E-state index >= 15 is 0 Å². The molecule has 74 valence electrons.